The highest BCUT2D eigenvalue weighted by Crippen LogP contribution is 2.24. The van der Waals surface area contributed by atoms with E-state index in [2.05, 4.69) is 5.32 Å². The minimum atomic E-state index is -3.97. The third kappa shape index (κ3) is 8.76. The Balaban J connectivity index is 1.48. The van der Waals surface area contributed by atoms with Gasteiger partial charge in [-0.25, -0.2) is 13.2 Å². The number of nitrogens with zero attached hydrogens (tertiary/aromatic N) is 1. The van der Waals surface area contributed by atoms with Gasteiger partial charge in [0.25, 0.3) is 0 Å². The first kappa shape index (κ1) is 31.0. The van der Waals surface area contributed by atoms with Crippen LogP contribution in [0.3, 0.4) is 0 Å². The van der Waals surface area contributed by atoms with E-state index in [4.69, 9.17) is 18.6 Å². The molecule has 0 aliphatic carbocycles. The first-order valence-corrected chi connectivity index (χ1v) is 15.5. The Hall–Kier alpha value is -2.96. The summed E-state index contributed by atoms with van der Waals surface area (Å²) in [6, 6.07) is 14.9. The molecule has 1 fully saturated rings. The number of nitrogens with one attached hydrogen (secondary N) is 1. The maximum absolute atomic E-state index is 13.7. The minimum absolute atomic E-state index is 0.00942. The quantitative estimate of drug-likeness (QED) is 0.285. The number of hydrogen-bond donors (Lipinski definition) is 2. The van der Waals surface area contributed by atoms with E-state index in [9.17, 15) is 18.3 Å². The van der Waals surface area contributed by atoms with E-state index in [1.807, 2.05) is 44.2 Å². The molecule has 0 saturated carbocycles. The molecule has 2 N–H and O–H groups in total. The number of amides is 1. The van der Waals surface area contributed by atoms with Crippen LogP contribution in [0.15, 0.2) is 70.2 Å². The summed E-state index contributed by atoms with van der Waals surface area (Å²) in [5.41, 5.74) is 1.45. The summed E-state index contributed by atoms with van der Waals surface area (Å²) in [5, 5.41) is 14.8. The van der Waals surface area contributed by atoms with E-state index in [0.717, 1.165) is 18.4 Å². The lowest BCUT2D eigenvalue weighted by Gasteiger charge is -2.31. The lowest BCUT2D eigenvalue weighted by Crippen LogP contribution is -2.51. The van der Waals surface area contributed by atoms with E-state index < -0.39 is 34.4 Å². The van der Waals surface area contributed by atoms with Crippen molar-refractivity contribution < 1.29 is 36.9 Å². The maximum Gasteiger partial charge on any atom is 0.407 e. The van der Waals surface area contributed by atoms with Crippen molar-refractivity contribution in [1.82, 2.24) is 9.62 Å². The molecule has 2 heterocycles. The average molecular weight is 589 g/mol. The van der Waals surface area contributed by atoms with Crippen molar-refractivity contribution in [3.05, 3.63) is 66.4 Å². The van der Waals surface area contributed by atoms with Crippen LogP contribution in [-0.2, 0) is 30.7 Å². The molecule has 11 heteroatoms. The van der Waals surface area contributed by atoms with E-state index in [0.29, 0.717) is 17.6 Å². The van der Waals surface area contributed by atoms with Crippen LogP contribution in [-0.4, -0.2) is 74.8 Å². The fourth-order valence-electron chi connectivity index (χ4n) is 4.74. The fourth-order valence-corrected chi connectivity index (χ4v) is 6.40. The van der Waals surface area contributed by atoms with Crippen LogP contribution in [0.4, 0.5) is 4.79 Å². The Labute approximate surface area is 241 Å². The highest BCUT2D eigenvalue weighted by Gasteiger charge is 2.32. The molecular weight excluding hydrogens is 548 g/mol. The van der Waals surface area contributed by atoms with Gasteiger partial charge in [-0.2, -0.15) is 4.31 Å². The molecule has 4 atom stereocenters. The number of aliphatic hydroxyl groups excluding tert-OH is 1. The first-order valence-electron chi connectivity index (χ1n) is 14.0. The Kier molecular flexibility index (Phi) is 10.8. The zero-order valence-corrected chi connectivity index (χ0v) is 24.6. The van der Waals surface area contributed by atoms with Crippen LogP contribution in [0.2, 0.25) is 0 Å². The molecule has 4 rings (SSSR count). The lowest BCUT2D eigenvalue weighted by molar-refractivity contribution is -0.128. The number of carbonyl (C=O) groups excluding carboxylic acids is 1. The summed E-state index contributed by atoms with van der Waals surface area (Å²) in [7, 11) is -3.97. The van der Waals surface area contributed by atoms with Crippen molar-refractivity contribution in [2.24, 2.45) is 5.92 Å². The fraction of sp³-hybridized carbons (Fsp3) is 0.500. The largest absolute Gasteiger partial charge is 0.464 e. The molecule has 2 aromatic carbocycles. The molecule has 1 aromatic heterocycles. The van der Waals surface area contributed by atoms with Crippen LogP contribution in [0.25, 0.3) is 11.0 Å². The number of ether oxygens (including phenoxy) is 3. The summed E-state index contributed by atoms with van der Waals surface area (Å²) in [5.74, 6) is -0.00942. The average Bonchev–Trinajstić information content (AvgIpc) is 3.63. The van der Waals surface area contributed by atoms with Gasteiger partial charge in [-0.3, -0.25) is 0 Å². The van der Waals surface area contributed by atoms with Crippen molar-refractivity contribution in [1.29, 1.82) is 0 Å². The Morgan fingerprint density at radius 1 is 1.12 bits per heavy atom. The molecule has 3 aromatic rings. The second-order valence-corrected chi connectivity index (χ2v) is 12.8. The van der Waals surface area contributed by atoms with Crippen LogP contribution < -0.4 is 5.32 Å². The van der Waals surface area contributed by atoms with Gasteiger partial charge >= 0.3 is 6.09 Å². The number of carbonyl (C=O) groups is 1. The predicted octanol–water partition coefficient (Wildman–Crippen LogP) is 4.32. The molecule has 1 aliphatic heterocycles. The topological polar surface area (TPSA) is 128 Å². The highest BCUT2D eigenvalue weighted by molar-refractivity contribution is 7.89. The normalized spacial score (nSPS) is 18.0. The van der Waals surface area contributed by atoms with E-state index in [1.165, 1.54) is 16.6 Å². The second kappa shape index (κ2) is 14.3. The second-order valence-electron chi connectivity index (χ2n) is 10.8. The number of aliphatic hydroxyl groups is 1. The molecule has 1 saturated heterocycles. The zero-order valence-electron chi connectivity index (χ0n) is 23.8. The predicted molar refractivity (Wildman–Crippen MR) is 154 cm³/mol. The Bertz CT molecular complexity index is 1360. The standard InChI is InChI=1S/C30H40N2O8S/c1-21(2)18-32(41(35,36)25-11-12-28-24(17-25)13-15-37-28)19-27(33)26(16-23-8-5-4-6-9-23)31-30(34)40-22(3)20-39-29-10-7-14-38-29/h4-6,8-9,11-13,15,17,21-22,26-27,29,33H,7,10,14,16,18-20H2,1-3H3,(H,31,34)/t22-,26+,27-,29-/m1/s1. The SMILES string of the molecule is CC(C)CN(C[C@@H](O)[C@H](Cc1ccccc1)NC(=O)O[C@H](C)CO[C@@H]1CCCO1)S(=O)(=O)c1ccc2occc2c1. The number of benzene rings is 2. The number of alkyl carbamates (subject to hydrolysis) is 1. The molecule has 10 nitrogen and oxygen atoms in total. The number of sulfonamides is 1. The summed E-state index contributed by atoms with van der Waals surface area (Å²) in [6.45, 7) is 6.32. The molecule has 0 unspecified atom stereocenters. The lowest BCUT2D eigenvalue weighted by atomic mass is 10.0. The van der Waals surface area contributed by atoms with Crippen LogP contribution >= 0.6 is 0 Å². The van der Waals surface area contributed by atoms with Gasteiger partial charge in [0.1, 0.15) is 11.7 Å². The first-order chi connectivity index (χ1) is 19.6. The van der Waals surface area contributed by atoms with E-state index >= 15 is 0 Å². The van der Waals surface area contributed by atoms with Crippen LogP contribution in [0.5, 0.6) is 0 Å². The maximum atomic E-state index is 13.7. The molecule has 41 heavy (non-hydrogen) atoms. The smallest absolute Gasteiger partial charge is 0.407 e. The summed E-state index contributed by atoms with van der Waals surface area (Å²) in [6.07, 6.45) is 0.713. The van der Waals surface area contributed by atoms with Gasteiger partial charge in [0.15, 0.2) is 6.29 Å². The van der Waals surface area contributed by atoms with Gasteiger partial charge in [-0.05, 0) is 55.5 Å². The molecular formula is C30H40N2O8S. The van der Waals surface area contributed by atoms with Crippen molar-refractivity contribution in [3.8, 4) is 0 Å². The van der Waals surface area contributed by atoms with E-state index in [-0.39, 0.29) is 43.2 Å². The molecule has 0 spiro atoms. The molecule has 1 amide bonds. The summed E-state index contributed by atoms with van der Waals surface area (Å²) >= 11 is 0. The van der Waals surface area contributed by atoms with Gasteiger partial charge in [-0.15, -0.1) is 0 Å². The van der Waals surface area contributed by atoms with Crippen molar-refractivity contribution in [2.45, 2.75) is 69.5 Å². The van der Waals surface area contributed by atoms with E-state index in [1.54, 1.807) is 25.1 Å². The number of furan rings is 1. The summed E-state index contributed by atoms with van der Waals surface area (Å²) in [4.78, 5) is 13.0. The third-order valence-electron chi connectivity index (χ3n) is 6.80. The molecule has 224 valence electrons. The third-order valence-corrected chi connectivity index (χ3v) is 8.63. The number of hydrogen-bond acceptors (Lipinski definition) is 8. The van der Waals surface area contributed by atoms with Crippen molar-refractivity contribution in [3.63, 3.8) is 0 Å². The molecule has 0 radical (unpaired) electrons. The van der Waals surface area contributed by atoms with Gasteiger partial charge in [0, 0.05) is 31.5 Å². The van der Waals surface area contributed by atoms with Gasteiger partial charge in [-0.1, -0.05) is 44.2 Å². The van der Waals surface area contributed by atoms with Crippen LogP contribution in [0.1, 0.15) is 39.2 Å². The highest BCUT2D eigenvalue weighted by atomic mass is 32.2. The van der Waals surface area contributed by atoms with Crippen molar-refractivity contribution >= 4 is 27.1 Å². The number of fused-ring (bicyclic) bond motifs is 1. The van der Waals surface area contributed by atoms with Crippen molar-refractivity contribution in [2.75, 3.05) is 26.3 Å². The zero-order chi connectivity index (χ0) is 29.4. The van der Waals surface area contributed by atoms with Gasteiger partial charge < -0.3 is 29.1 Å². The minimum Gasteiger partial charge on any atom is -0.464 e. The number of rotatable bonds is 14. The van der Waals surface area contributed by atoms with Gasteiger partial charge in [0.05, 0.1) is 29.9 Å². The Morgan fingerprint density at radius 2 is 1.90 bits per heavy atom. The summed E-state index contributed by atoms with van der Waals surface area (Å²) < 4.78 is 50.7. The van der Waals surface area contributed by atoms with Gasteiger partial charge in [0.2, 0.25) is 10.0 Å². The Morgan fingerprint density at radius 3 is 2.61 bits per heavy atom. The van der Waals surface area contributed by atoms with Crippen LogP contribution in [0, 0.1) is 5.92 Å². The molecule has 0 bridgehead atoms. The monoisotopic (exact) mass is 588 g/mol. The molecule has 1 aliphatic rings.